The Labute approximate surface area is 198 Å². The van der Waals surface area contributed by atoms with Gasteiger partial charge in [0.15, 0.2) is 0 Å². The van der Waals surface area contributed by atoms with E-state index in [9.17, 15) is 14.4 Å². The maximum Gasteiger partial charge on any atom is 0.255 e. The number of anilines is 2. The Morgan fingerprint density at radius 3 is 2.06 bits per heavy atom. The molecule has 0 bridgehead atoms. The van der Waals surface area contributed by atoms with Crippen LogP contribution in [0.4, 0.5) is 11.4 Å². The van der Waals surface area contributed by atoms with Gasteiger partial charge in [0.1, 0.15) is 17.5 Å². The Morgan fingerprint density at radius 2 is 1.41 bits per heavy atom. The molecule has 3 rings (SSSR count). The first-order valence-corrected chi connectivity index (χ1v) is 10.8. The summed E-state index contributed by atoms with van der Waals surface area (Å²) in [6.45, 7) is 1.80. The first-order chi connectivity index (χ1) is 16.5. The highest BCUT2D eigenvalue weighted by atomic mass is 16.5. The number of rotatable bonds is 9. The fourth-order valence-corrected chi connectivity index (χ4v) is 3.28. The van der Waals surface area contributed by atoms with Gasteiger partial charge >= 0.3 is 0 Å². The van der Waals surface area contributed by atoms with E-state index in [-0.39, 0.29) is 17.4 Å². The van der Waals surface area contributed by atoms with Crippen LogP contribution in [0.15, 0.2) is 72.8 Å². The van der Waals surface area contributed by atoms with Gasteiger partial charge in [0.05, 0.1) is 31.2 Å². The number of nitrogens with one attached hydrogen (secondary N) is 3. The standard InChI is InChI=1S/C26H27N3O5/c1-4-20(26(32)29-22-11-7-8-12-23(22)34-3)27-25(31)19-9-5-6-10-21(19)28-24(30)17-13-15-18(33-2)16-14-17/h5-16,20H,4H2,1-3H3,(H,27,31)(H,28,30)(H,29,32). The number of hydrogen-bond donors (Lipinski definition) is 3. The molecule has 176 valence electrons. The van der Waals surface area contributed by atoms with E-state index in [1.807, 2.05) is 0 Å². The lowest BCUT2D eigenvalue weighted by molar-refractivity contribution is -0.118. The molecule has 34 heavy (non-hydrogen) atoms. The van der Waals surface area contributed by atoms with Gasteiger partial charge in [-0.25, -0.2) is 0 Å². The first kappa shape index (κ1) is 24.3. The van der Waals surface area contributed by atoms with Gasteiger partial charge in [-0.2, -0.15) is 0 Å². The number of amides is 3. The third-order valence-corrected chi connectivity index (χ3v) is 5.17. The number of hydrogen-bond acceptors (Lipinski definition) is 5. The maximum absolute atomic E-state index is 13.0. The van der Waals surface area contributed by atoms with Gasteiger partial charge in [-0.15, -0.1) is 0 Å². The molecular formula is C26H27N3O5. The monoisotopic (exact) mass is 461 g/mol. The van der Waals surface area contributed by atoms with Crippen molar-refractivity contribution in [2.45, 2.75) is 19.4 Å². The van der Waals surface area contributed by atoms with E-state index in [0.717, 1.165) is 0 Å². The second-order valence-electron chi connectivity index (χ2n) is 7.35. The van der Waals surface area contributed by atoms with E-state index in [0.29, 0.717) is 34.9 Å². The summed E-state index contributed by atoms with van der Waals surface area (Å²) in [5.41, 5.74) is 1.50. The van der Waals surface area contributed by atoms with Crippen molar-refractivity contribution >= 4 is 29.1 Å². The highest BCUT2D eigenvalue weighted by molar-refractivity contribution is 6.10. The molecule has 8 heteroatoms. The molecule has 0 aliphatic heterocycles. The van der Waals surface area contributed by atoms with Gasteiger partial charge in [0.25, 0.3) is 11.8 Å². The van der Waals surface area contributed by atoms with Crippen LogP contribution in [0.3, 0.4) is 0 Å². The van der Waals surface area contributed by atoms with E-state index in [1.165, 1.54) is 7.11 Å². The molecule has 0 radical (unpaired) electrons. The van der Waals surface area contributed by atoms with Gasteiger partial charge < -0.3 is 25.4 Å². The minimum absolute atomic E-state index is 0.243. The Bertz CT molecular complexity index is 1160. The molecule has 0 aliphatic rings. The molecule has 0 saturated heterocycles. The zero-order chi connectivity index (χ0) is 24.5. The minimum Gasteiger partial charge on any atom is -0.497 e. The van der Waals surface area contributed by atoms with Crippen molar-refractivity contribution in [3.8, 4) is 11.5 Å². The van der Waals surface area contributed by atoms with E-state index in [1.54, 1.807) is 86.8 Å². The number of benzene rings is 3. The Morgan fingerprint density at radius 1 is 0.765 bits per heavy atom. The smallest absolute Gasteiger partial charge is 0.255 e. The molecule has 1 unspecified atom stereocenters. The summed E-state index contributed by atoms with van der Waals surface area (Å²) < 4.78 is 10.4. The average molecular weight is 462 g/mol. The van der Waals surface area contributed by atoms with E-state index < -0.39 is 11.9 Å². The van der Waals surface area contributed by atoms with Crippen molar-refractivity contribution in [2.75, 3.05) is 24.9 Å². The van der Waals surface area contributed by atoms with Gasteiger partial charge in [0.2, 0.25) is 5.91 Å². The third kappa shape index (κ3) is 5.92. The van der Waals surface area contributed by atoms with Crippen LogP contribution >= 0.6 is 0 Å². The lowest BCUT2D eigenvalue weighted by Crippen LogP contribution is -2.43. The van der Waals surface area contributed by atoms with Gasteiger partial charge in [0, 0.05) is 5.56 Å². The van der Waals surface area contributed by atoms with Crippen molar-refractivity contribution in [3.63, 3.8) is 0 Å². The molecule has 0 saturated carbocycles. The normalized spacial score (nSPS) is 11.1. The molecule has 3 aromatic carbocycles. The Hall–Kier alpha value is -4.33. The van der Waals surface area contributed by atoms with Crippen LogP contribution in [-0.2, 0) is 4.79 Å². The largest absolute Gasteiger partial charge is 0.497 e. The van der Waals surface area contributed by atoms with E-state index in [4.69, 9.17) is 9.47 Å². The van der Waals surface area contributed by atoms with Crippen molar-refractivity contribution in [1.29, 1.82) is 0 Å². The predicted molar refractivity (Wildman–Crippen MR) is 131 cm³/mol. The molecule has 0 aliphatic carbocycles. The molecule has 0 fully saturated rings. The van der Waals surface area contributed by atoms with Crippen molar-refractivity contribution in [1.82, 2.24) is 5.32 Å². The number of ether oxygens (including phenoxy) is 2. The van der Waals surface area contributed by atoms with Gasteiger partial charge in [-0.05, 0) is 55.0 Å². The molecule has 0 spiro atoms. The molecule has 3 N–H and O–H groups in total. The van der Waals surface area contributed by atoms with E-state index >= 15 is 0 Å². The zero-order valence-corrected chi connectivity index (χ0v) is 19.3. The van der Waals surface area contributed by atoms with Crippen LogP contribution < -0.4 is 25.4 Å². The molecular weight excluding hydrogens is 434 g/mol. The topological polar surface area (TPSA) is 106 Å². The summed E-state index contributed by atoms with van der Waals surface area (Å²) in [4.78, 5) is 38.5. The Kier molecular flexibility index (Phi) is 8.23. The van der Waals surface area contributed by atoms with Crippen molar-refractivity contribution < 1.29 is 23.9 Å². The molecule has 3 aromatic rings. The molecule has 0 aromatic heterocycles. The van der Waals surface area contributed by atoms with Crippen LogP contribution in [-0.4, -0.2) is 38.0 Å². The second kappa shape index (κ2) is 11.5. The quantitative estimate of drug-likeness (QED) is 0.445. The van der Waals surface area contributed by atoms with Crippen LogP contribution in [0.2, 0.25) is 0 Å². The summed E-state index contributed by atoms with van der Waals surface area (Å²) in [6.07, 6.45) is 0.368. The van der Waals surface area contributed by atoms with Crippen LogP contribution in [0.25, 0.3) is 0 Å². The second-order valence-corrected chi connectivity index (χ2v) is 7.35. The maximum atomic E-state index is 13.0. The van der Waals surface area contributed by atoms with Crippen LogP contribution in [0, 0.1) is 0 Å². The number of carbonyl (C=O) groups is 3. The number of carbonyl (C=O) groups excluding carboxylic acids is 3. The van der Waals surface area contributed by atoms with Gasteiger partial charge in [-0.1, -0.05) is 31.2 Å². The van der Waals surface area contributed by atoms with Crippen molar-refractivity contribution in [2.24, 2.45) is 0 Å². The van der Waals surface area contributed by atoms with Gasteiger partial charge in [-0.3, -0.25) is 14.4 Å². The van der Waals surface area contributed by atoms with Crippen LogP contribution in [0.1, 0.15) is 34.1 Å². The van der Waals surface area contributed by atoms with Crippen molar-refractivity contribution in [3.05, 3.63) is 83.9 Å². The summed E-state index contributed by atoms with van der Waals surface area (Å²) >= 11 is 0. The zero-order valence-electron chi connectivity index (χ0n) is 19.3. The fraction of sp³-hybridized carbons (Fsp3) is 0.192. The summed E-state index contributed by atoms with van der Waals surface area (Å²) in [5, 5.41) is 8.30. The molecule has 0 heterocycles. The van der Waals surface area contributed by atoms with Crippen LogP contribution in [0.5, 0.6) is 11.5 Å². The summed E-state index contributed by atoms with van der Waals surface area (Å²) in [6, 6.07) is 19.5. The SMILES string of the molecule is CCC(NC(=O)c1ccccc1NC(=O)c1ccc(OC)cc1)C(=O)Nc1ccccc1OC. The third-order valence-electron chi connectivity index (χ3n) is 5.17. The number of methoxy groups -OCH3 is 2. The predicted octanol–water partition coefficient (Wildman–Crippen LogP) is 4.10. The first-order valence-electron chi connectivity index (χ1n) is 10.8. The highest BCUT2D eigenvalue weighted by Gasteiger charge is 2.22. The lowest BCUT2D eigenvalue weighted by atomic mass is 10.1. The lowest BCUT2D eigenvalue weighted by Gasteiger charge is -2.19. The fourth-order valence-electron chi connectivity index (χ4n) is 3.28. The molecule has 8 nitrogen and oxygen atoms in total. The number of para-hydroxylation sites is 3. The highest BCUT2D eigenvalue weighted by Crippen LogP contribution is 2.23. The minimum atomic E-state index is -0.789. The summed E-state index contributed by atoms with van der Waals surface area (Å²) in [5.74, 6) is -0.0754. The average Bonchev–Trinajstić information content (AvgIpc) is 2.87. The Balaban J connectivity index is 1.72. The van der Waals surface area contributed by atoms with E-state index in [2.05, 4.69) is 16.0 Å². The summed E-state index contributed by atoms with van der Waals surface area (Å²) in [7, 11) is 3.06. The molecule has 1 atom stereocenters. The molecule has 3 amide bonds.